The summed E-state index contributed by atoms with van der Waals surface area (Å²) < 4.78 is 0. The van der Waals surface area contributed by atoms with E-state index in [0.717, 1.165) is 0 Å². The van der Waals surface area contributed by atoms with Crippen molar-refractivity contribution in [3.8, 4) is 0 Å². The van der Waals surface area contributed by atoms with E-state index in [4.69, 9.17) is 5.11 Å². The number of carbonyl (C=O) groups is 2. The number of hydrogen-bond acceptors (Lipinski definition) is 4. The summed E-state index contributed by atoms with van der Waals surface area (Å²) in [5.41, 5.74) is 0.537. The number of nitrogens with one attached hydrogen (secondary N) is 2. The van der Waals surface area contributed by atoms with Crippen LogP contribution in [0.3, 0.4) is 0 Å². The van der Waals surface area contributed by atoms with E-state index in [0.29, 0.717) is 12.2 Å². The first kappa shape index (κ1) is 13.9. The van der Waals surface area contributed by atoms with Crippen molar-refractivity contribution in [1.29, 1.82) is 0 Å². The molecule has 1 unspecified atom stereocenters. The first-order valence-electron chi connectivity index (χ1n) is 5.40. The summed E-state index contributed by atoms with van der Waals surface area (Å²) >= 11 is 0. The van der Waals surface area contributed by atoms with E-state index in [1.807, 2.05) is 0 Å². The lowest BCUT2D eigenvalue weighted by atomic mass is 10.2. The van der Waals surface area contributed by atoms with Crippen molar-refractivity contribution < 1.29 is 14.7 Å². The van der Waals surface area contributed by atoms with Gasteiger partial charge in [0.15, 0.2) is 0 Å². The van der Waals surface area contributed by atoms with Crippen molar-refractivity contribution in [1.82, 2.24) is 10.3 Å². The first-order chi connectivity index (χ1) is 8.63. The number of aliphatic carboxylic acids is 1. The minimum Gasteiger partial charge on any atom is -0.480 e. The third-order valence-electron chi connectivity index (χ3n) is 2.14. The molecule has 1 aromatic rings. The molecule has 0 aliphatic heterocycles. The van der Waals surface area contributed by atoms with E-state index < -0.39 is 12.0 Å². The second-order valence-electron chi connectivity index (χ2n) is 3.58. The van der Waals surface area contributed by atoms with Crippen LogP contribution in [0.25, 0.3) is 0 Å². The van der Waals surface area contributed by atoms with E-state index in [2.05, 4.69) is 22.2 Å². The fraction of sp³-hybridized carbons (Fsp3) is 0.250. The molecule has 0 bridgehead atoms. The van der Waals surface area contributed by atoms with Crippen LogP contribution in [0.1, 0.15) is 6.42 Å². The maximum Gasteiger partial charge on any atom is 0.321 e. The quantitative estimate of drug-likeness (QED) is 0.617. The highest BCUT2D eigenvalue weighted by Gasteiger charge is 2.20. The smallest absolute Gasteiger partial charge is 0.321 e. The summed E-state index contributed by atoms with van der Waals surface area (Å²) in [6.45, 7) is 3.81. The van der Waals surface area contributed by atoms with Crippen LogP contribution in [0.4, 0.5) is 5.69 Å². The third-order valence-corrected chi connectivity index (χ3v) is 2.14. The minimum atomic E-state index is -1.07. The summed E-state index contributed by atoms with van der Waals surface area (Å²) in [4.78, 5) is 26.4. The molecule has 0 spiro atoms. The SMILES string of the molecule is C=CCNC(CC(=O)Nc1cccnc1)C(=O)O. The average Bonchev–Trinajstić information content (AvgIpc) is 2.35. The highest BCUT2D eigenvalue weighted by Crippen LogP contribution is 2.04. The molecule has 0 aliphatic carbocycles. The maximum absolute atomic E-state index is 11.6. The first-order valence-corrected chi connectivity index (χ1v) is 5.40. The highest BCUT2D eigenvalue weighted by atomic mass is 16.4. The molecule has 6 nitrogen and oxygen atoms in total. The maximum atomic E-state index is 11.6. The van der Waals surface area contributed by atoms with Gasteiger partial charge < -0.3 is 15.7 Å². The van der Waals surface area contributed by atoms with Crippen molar-refractivity contribution in [3.63, 3.8) is 0 Å². The lowest BCUT2D eigenvalue weighted by Gasteiger charge is -2.12. The number of anilines is 1. The molecule has 0 radical (unpaired) electrons. The Balaban J connectivity index is 2.51. The van der Waals surface area contributed by atoms with Crippen LogP contribution in [0.5, 0.6) is 0 Å². The van der Waals surface area contributed by atoms with Gasteiger partial charge in [-0.3, -0.25) is 14.6 Å². The summed E-state index contributed by atoms with van der Waals surface area (Å²) in [5, 5.41) is 14.2. The highest BCUT2D eigenvalue weighted by molar-refractivity contribution is 5.93. The topological polar surface area (TPSA) is 91.3 Å². The van der Waals surface area contributed by atoms with E-state index >= 15 is 0 Å². The number of pyridine rings is 1. The van der Waals surface area contributed by atoms with Gasteiger partial charge in [0, 0.05) is 12.7 Å². The van der Waals surface area contributed by atoms with Gasteiger partial charge in [0.1, 0.15) is 6.04 Å². The fourth-order valence-electron chi connectivity index (χ4n) is 1.31. The summed E-state index contributed by atoms with van der Waals surface area (Å²) in [6.07, 6.45) is 4.46. The molecule has 18 heavy (non-hydrogen) atoms. The Morgan fingerprint density at radius 1 is 1.56 bits per heavy atom. The summed E-state index contributed by atoms with van der Waals surface area (Å²) in [7, 11) is 0. The van der Waals surface area contributed by atoms with E-state index in [9.17, 15) is 9.59 Å². The van der Waals surface area contributed by atoms with Crippen LogP contribution in [0, 0.1) is 0 Å². The van der Waals surface area contributed by atoms with Gasteiger partial charge in [-0.2, -0.15) is 0 Å². The van der Waals surface area contributed by atoms with Gasteiger partial charge in [-0.05, 0) is 12.1 Å². The predicted molar refractivity (Wildman–Crippen MR) is 67.1 cm³/mol. The molecule has 1 aromatic heterocycles. The molecule has 0 saturated heterocycles. The molecule has 0 aliphatic rings. The molecule has 0 saturated carbocycles. The molecule has 0 aromatic carbocycles. The van der Waals surface area contributed by atoms with Gasteiger partial charge in [-0.15, -0.1) is 6.58 Å². The van der Waals surface area contributed by atoms with Gasteiger partial charge in [0.25, 0.3) is 0 Å². The van der Waals surface area contributed by atoms with Gasteiger partial charge in [0.2, 0.25) is 5.91 Å². The molecule has 0 fully saturated rings. The second-order valence-corrected chi connectivity index (χ2v) is 3.58. The summed E-state index contributed by atoms with van der Waals surface area (Å²) in [5.74, 6) is -1.45. The van der Waals surface area contributed by atoms with Gasteiger partial charge in [-0.1, -0.05) is 6.08 Å². The molecule has 1 rings (SSSR count). The summed E-state index contributed by atoms with van der Waals surface area (Å²) in [6, 6.07) is 2.43. The standard InChI is InChI=1S/C12H15N3O3/c1-2-5-14-10(12(17)18)7-11(16)15-9-4-3-6-13-8-9/h2-4,6,8,10,14H,1,5,7H2,(H,15,16)(H,17,18). The Labute approximate surface area is 105 Å². The van der Waals surface area contributed by atoms with Crippen molar-refractivity contribution in [2.24, 2.45) is 0 Å². The van der Waals surface area contributed by atoms with E-state index in [-0.39, 0.29) is 12.3 Å². The average molecular weight is 249 g/mol. The Morgan fingerprint density at radius 3 is 2.89 bits per heavy atom. The van der Waals surface area contributed by atoms with Crippen molar-refractivity contribution in [3.05, 3.63) is 37.2 Å². The van der Waals surface area contributed by atoms with Crippen LogP contribution in [0.15, 0.2) is 37.2 Å². The molecule has 3 N–H and O–H groups in total. The number of carbonyl (C=O) groups excluding carboxylic acids is 1. The Bertz CT molecular complexity index is 420. The molecule has 6 heteroatoms. The molecule has 96 valence electrons. The number of carboxylic acid groups (broad SMARTS) is 1. The monoisotopic (exact) mass is 249 g/mol. The van der Waals surface area contributed by atoms with E-state index in [1.54, 1.807) is 18.3 Å². The number of hydrogen-bond donors (Lipinski definition) is 3. The second kappa shape index (κ2) is 7.18. The van der Waals surface area contributed by atoms with Crippen LogP contribution < -0.4 is 10.6 Å². The Hall–Kier alpha value is -2.21. The van der Waals surface area contributed by atoms with Crippen molar-refractivity contribution in [2.45, 2.75) is 12.5 Å². The van der Waals surface area contributed by atoms with Crippen molar-refractivity contribution >= 4 is 17.6 Å². The lowest BCUT2D eigenvalue weighted by molar-refractivity contribution is -0.140. The largest absolute Gasteiger partial charge is 0.480 e. The zero-order valence-corrected chi connectivity index (χ0v) is 9.80. The zero-order valence-electron chi connectivity index (χ0n) is 9.80. The van der Waals surface area contributed by atoms with Gasteiger partial charge >= 0.3 is 5.97 Å². The van der Waals surface area contributed by atoms with Crippen LogP contribution >= 0.6 is 0 Å². The van der Waals surface area contributed by atoms with Crippen molar-refractivity contribution in [2.75, 3.05) is 11.9 Å². The molecule has 1 heterocycles. The van der Waals surface area contributed by atoms with Crippen LogP contribution in [-0.4, -0.2) is 34.6 Å². The number of nitrogens with zero attached hydrogens (tertiary/aromatic N) is 1. The van der Waals surface area contributed by atoms with Crippen LogP contribution in [0.2, 0.25) is 0 Å². The predicted octanol–water partition coefficient (Wildman–Crippen LogP) is 0.639. The fourth-order valence-corrected chi connectivity index (χ4v) is 1.31. The number of aromatic nitrogens is 1. The molecule has 1 atom stereocenters. The Kier molecular flexibility index (Phi) is 5.53. The number of amides is 1. The normalized spacial score (nSPS) is 11.6. The molecular weight excluding hydrogens is 234 g/mol. The molecule has 1 amide bonds. The zero-order chi connectivity index (χ0) is 13.4. The number of rotatable bonds is 7. The molecular formula is C12H15N3O3. The van der Waals surface area contributed by atoms with Gasteiger partial charge in [-0.25, -0.2) is 0 Å². The van der Waals surface area contributed by atoms with Crippen LogP contribution in [-0.2, 0) is 9.59 Å². The lowest BCUT2D eigenvalue weighted by Crippen LogP contribution is -2.39. The van der Waals surface area contributed by atoms with Gasteiger partial charge in [0.05, 0.1) is 18.3 Å². The Morgan fingerprint density at radius 2 is 2.33 bits per heavy atom. The number of carboxylic acids is 1. The minimum absolute atomic E-state index is 0.155. The van der Waals surface area contributed by atoms with E-state index in [1.165, 1.54) is 12.3 Å². The third kappa shape index (κ3) is 4.75.